The molecule has 1 amide bonds. The van der Waals surface area contributed by atoms with Crippen LogP contribution in [0, 0.1) is 0 Å². The van der Waals surface area contributed by atoms with Crippen LogP contribution in [0.15, 0.2) is 33.7 Å². The lowest BCUT2D eigenvalue weighted by molar-refractivity contribution is -0.127. The Kier molecular flexibility index (Phi) is 9.36. The highest BCUT2D eigenvalue weighted by Gasteiger charge is 2.45. The van der Waals surface area contributed by atoms with Crippen LogP contribution in [-0.2, 0) is 10.2 Å². The Hall–Kier alpha value is -0.830. The standard InChI is InChI=1S/C19H29BrN4O.HI/c1-5-14(2)23-18(21-12-17(25)24(3)4)22-13-19(10-11-19)15-8-6-7-9-16(15)20;/h6-9,14H,5,10-13H2,1-4H3,(H2,21,22,23);1H. The molecule has 1 fully saturated rings. The molecule has 7 heteroatoms. The lowest BCUT2D eigenvalue weighted by Gasteiger charge is -2.22. The zero-order valence-electron chi connectivity index (χ0n) is 16.0. The maximum Gasteiger partial charge on any atom is 0.243 e. The number of hydrogen-bond acceptors (Lipinski definition) is 2. The number of halogens is 2. The molecular formula is C19H30BrIN4O. The largest absolute Gasteiger partial charge is 0.355 e. The molecule has 0 aliphatic heterocycles. The highest BCUT2D eigenvalue weighted by Crippen LogP contribution is 2.49. The number of amides is 1. The first kappa shape index (κ1) is 23.2. The van der Waals surface area contributed by atoms with Crippen molar-refractivity contribution in [3.63, 3.8) is 0 Å². The minimum absolute atomic E-state index is 0. The summed E-state index contributed by atoms with van der Waals surface area (Å²) in [5.41, 5.74) is 1.50. The van der Waals surface area contributed by atoms with E-state index < -0.39 is 0 Å². The maximum absolute atomic E-state index is 11.8. The minimum atomic E-state index is -0.00260. The fraction of sp³-hybridized carbons (Fsp3) is 0.579. The molecule has 2 rings (SSSR count). The van der Waals surface area contributed by atoms with Gasteiger partial charge in [-0.2, -0.15) is 0 Å². The first-order chi connectivity index (χ1) is 11.9. The van der Waals surface area contributed by atoms with Crippen molar-refractivity contribution in [3.05, 3.63) is 34.3 Å². The van der Waals surface area contributed by atoms with E-state index in [1.807, 2.05) is 6.07 Å². The summed E-state index contributed by atoms with van der Waals surface area (Å²) < 4.78 is 1.16. The molecule has 5 nitrogen and oxygen atoms in total. The van der Waals surface area contributed by atoms with Gasteiger partial charge in [0.25, 0.3) is 0 Å². The molecule has 26 heavy (non-hydrogen) atoms. The SMILES string of the molecule is CCC(C)NC(=NCC(=O)N(C)C)NCC1(c2ccccc2Br)CC1.I. The first-order valence-electron chi connectivity index (χ1n) is 8.88. The highest BCUT2D eigenvalue weighted by atomic mass is 127. The quantitative estimate of drug-likeness (QED) is 0.318. The van der Waals surface area contributed by atoms with Crippen LogP contribution in [-0.4, -0.2) is 50.0 Å². The number of nitrogens with one attached hydrogen (secondary N) is 2. The molecule has 0 aromatic heterocycles. The number of aliphatic imine (C=N–C) groups is 1. The van der Waals surface area contributed by atoms with Crippen LogP contribution in [0.4, 0.5) is 0 Å². The summed E-state index contributed by atoms with van der Waals surface area (Å²) in [6, 6.07) is 8.72. The predicted molar refractivity (Wildman–Crippen MR) is 122 cm³/mol. The third kappa shape index (κ3) is 6.40. The fourth-order valence-electron chi connectivity index (χ4n) is 2.61. The molecule has 1 atom stereocenters. The smallest absolute Gasteiger partial charge is 0.243 e. The van der Waals surface area contributed by atoms with Crippen LogP contribution >= 0.6 is 39.9 Å². The number of likely N-dealkylation sites (N-methyl/N-ethyl adjacent to an activating group) is 1. The van der Waals surface area contributed by atoms with Gasteiger partial charge < -0.3 is 15.5 Å². The van der Waals surface area contributed by atoms with E-state index in [1.54, 1.807) is 19.0 Å². The zero-order valence-corrected chi connectivity index (χ0v) is 19.9. The molecule has 0 radical (unpaired) electrons. The highest BCUT2D eigenvalue weighted by molar-refractivity contribution is 14.0. The number of guanidine groups is 1. The molecule has 1 aliphatic rings. The number of benzene rings is 1. The molecule has 0 saturated heterocycles. The van der Waals surface area contributed by atoms with E-state index in [-0.39, 0.29) is 41.8 Å². The molecular weight excluding hydrogens is 507 g/mol. The Morgan fingerprint density at radius 3 is 2.54 bits per heavy atom. The molecule has 0 heterocycles. The predicted octanol–water partition coefficient (Wildman–Crippen LogP) is 3.52. The molecule has 1 aromatic rings. The van der Waals surface area contributed by atoms with Crippen LogP contribution in [0.2, 0.25) is 0 Å². The molecule has 146 valence electrons. The number of carbonyl (C=O) groups is 1. The summed E-state index contributed by atoms with van der Waals surface area (Å²) in [6.07, 6.45) is 3.32. The monoisotopic (exact) mass is 536 g/mol. The molecule has 0 bridgehead atoms. The van der Waals surface area contributed by atoms with E-state index in [9.17, 15) is 4.79 Å². The molecule has 1 aliphatic carbocycles. The second-order valence-corrected chi connectivity index (χ2v) is 7.87. The van der Waals surface area contributed by atoms with Gasteiger partial charge in [-0.1, -0.05) is 41.1 Å². The fourth-order valence-corrected chi connectivity index (χ4v) is 3.32. The number of carbonyl (C=O) groups excluding carboxylic acids is 1. The lowest BCUT2D eigenvalue weighted by Crippen LogP contribution is -2.45. The third-order valence-corrected chi connectivity index (χ3v) is 5.45. The van der Waals surface area contributed by atoms with Crippen molar-refractivity contribution in [1.82, 2.24) is 15.5 Å². The Morgan fingerprint density at radius 1 is 1.35 bits per heavy atom. The van der Waals surface area contributed by atoms with Crippen LogP contribution < -0.4 is 10.6 Å². The van der Waals surface area contributed by atoms with Crippen molar-refractivity contribution >= 4 is 51.8 Å². The van der Waals surface area contributed by atoms with Crippen LogP contribution in [0.3, 0.4) is 0 Å². The van der Waals surface area contributed by atoms with Crippen molar-refractivity contribution in [2.24, 2.45) is 4.99 Å². The van der Waals surface area contributed by atoms with Crippen LogP contribution in [0.25, 0.3) is 0 Å². The van der Waals surface area contributed by atoms with Crippen molar-refractivity contribution in [1.29, 1.82) is 0 Å². The first-order valence-corrected chi connectivity index (χ1v) is 9.67. The van der Waals surface area contributed by atoms with E-state index in [0.29, 0.717) is 12.0 Å². The van der Waals surface area contributed by atoms with Gasteiger partial charge in [0.1, 0.15) is 6.54 Å². The van der Waals surface area contributed by atoms with Crippen LogP contribution in [0.1, 0.15) is 38.7 Å². The van der Waals surface area contributed by atoms with E-state index in [4.69, 9.17) is 0 Å². The second kappa shape index (κ2) is 10.5. The number of rotatable bonds is 7. The number of hydrogen-bond donors (Lipinski definition) is 2. The minimum Gasteiger partial charge on any atom is -0.355 e. The van der Waals surface area contributed by atoms with E-state index >= 15 is 0 Å². The molecule has 1 aromatic carbocycles. The summed E-state index contributed by atoms with van der Waals surface area (Å²) in [7, 11) is 3.50. The van der Waals surface area contributed by atoms with E-state index in [1.165, 1.54) is 5.56 Å². The van der Waals surface area contributed by atoms with Gasteiger partial charge in [0.2, 0.25) is 5.91 Å². The Labute approximate surface area is 182 Å². The number of nitrogens with zero attached hydrogens (tertiary/aromatic N) is 2. The lowest BCUT2D eigenvalue weighted by atomic mass is 9.96. The molecule has 1 saturated carbocycles. The van der Waals surface area contributed by atoms with Gasteiger partial charge in [0, 0.05) is 36.6 Å². The van der Waals surface area contributed by atoms with Gasteiger partial charge in [0.05, 0.1) is 0 Å². The maximum atomic E-state index is 11.8. The van der Waals surface area contributed by atoms with E-state index in [2.05, 4.69) is 63.6 Å². The Morgan fingerprint density at radius 2 is 2.00 bits per heavy atom. The summed E-state index contributed by atoms with van der Waals surface area (Å²) >= 11 is 3.67. The van der Waals surface area contributed by atoms with Gasteiger partial charge in [-0.05, 0) is 37.8 Å². The van der Waals surface area contributed by atoms with Gasteiger partial charge in [-0.15, -0.1) is 24.0 Å². The average molecular weight is 537 g/mol. The summed E-state index contributed by atoms with van der Waals surface area (Å²) in [4.78, 5) is 17.9. The molecule has 2 N–H and O–H groups in total. The summed E-state index contributed by atoms with van der Waals surface area (Å²) in [6.45, 7) is 5.21. The van der Waals surface area contributed by atoms with Crippen LogP contribution in [0.5, 0.6) is 0 Å². The van der Waals surface area contributed by atoms with E-state index in [0.717, 1.165) is 30.3 Å². The average Bonchev–Trinajstić information content (AvgIpc) is 3.38. The Balaban J connectivity index is 0.00000338. The summed E-state index contributed by atoms with van der Waals surface area (Å²) in [5, 5.41) is 6.84. The molecule has 0 spiro atoms. The van der Waals surface area contributed by atoms with Gasteiger partial charge in [-0.3, -0.25) is 4.79 Å². The van der Waals surface area contributed by atoms with Gasteiger partial charge in [0.15, 0.2) is 5.96 Å². The Bertz CT molecular complexity index is 632. The van der Waals surface area contributed by atoms with Crippen molar-refractivity contribution in [2.75, 3.05) is 27.2 Å². The topological polar surface area (TPSA) is 56.7 Å². The zero-order chi connectivity index (χ0) is 18.4. The third-order valence-electron chi connectivity index (χ3n) is 4.76. The van der Waals surface area contributed by atoms with Gasteiger partial charge >= 0.3 is 0 Å². The van der Waals surface area contributed by atoms with Gasteiger partial charge in [-0.25, -0.2) is 4.99 Å². The summed E-state index contributed by atoms with van der Waals surface area (Å²) in [5.74, 6) is 0.708. The van der Waals surface area contributed by atoms with Crippen molar-refractivity contribution in [3.8, 4) is 0 Å². The van der Waals surface area contributed by atoms with Crippen molar-refractivity contribution < 1.29 is 4.79 Å². The van der Waals surface area contributed by atoms with Crippen molar-refractivity contribution in [2.45, 2.75) is 44.6 Å². The normalized spacial score (nSPS) is 16.3. The molecule has 1 unspecified atom stereocenters. The second-order valence-electron chi connectivity index (χ2n) is 7.02.